The summed E-state index contributed by atoms with van der Waals surface area (Å²) in [6, 6.07) is 15.3. The number of nitrogens with zero attached hydrogens (tertiary/aromatic N) is 4. The zero-order valence-electron chi connectivity index (χ0n) is 18.3. The number of para-hydroxylation sites is 2. The molecule has 0 aliphatic carbocycles. The van der Waals surface area contributed by atoms with E-state index < -0.39 is 17.9 Å². The average molecular weight is 448 g/mol. The predicted octanol–water partition coefficient (Wildman–Crippen LogP) is 2.06. The first kappa shape index (κ1) is 22.0. The molecular formula is C23H24N6O4. The largest absolute Gasteiger partial charge is 0.461 e. The number of aromatic nitrogens is 2. The molecule has 4 rings (SSSR count). The zero-order chi connectivity index (χ0) is 23.4. The van der Waals surface area contributed by atoms with E-state index in [1.807, 2.05) is 25.1 Å². The molecule has 2 heterocycles. The first-order valence-corrected chi connectivity index (χ1v) is 10.7. The number of amides is 1. The molecule has 1 unspecified atom stereocenters. The molecule has 1 atom stereocenters. The number of anilines is 2. The SMILES string of the molecule is CCOC(=O)C1=NN(c2ccccc2)C(C(=O)NNc2nc3ccccc3c(=O)n2CC)C1. The molecule has 1 aliphatic rings. The van der Waals surface area contributed by atoms with Crippen LogP contribution in [0.2, 0.25) is 0 Å². The summed E-state index contributed by atoms with van der Waals surface area (Å²) < 4.78 is 6.50. The third-order valence-electron chi connectivity index (χ3n) is 5.22. The van der Waals surface area contributed by atoms with E-state index in [-0.39, 0.29) is 30.2 Å². The Balaban J connectivity index is 1.57. The summed E-state index contributed by atoms with van der Waals surface area (Å²) in [5, 5.41) is 6.32. The van der Waals surface area contributed by atoms with Crippen molar-refractivity contribution in [3.8, 4) is 0 Å². The molecule has 1 aromatic heterocycles. The van der Waals surface area contributed by atoms with Gasteiger partial charge >= 0.3 is 5.97 Å². The van der Waals surface area contributed by atoms with E-state index in [1.54, 1.807) is 43.3 Å². The maximum atomic E-state index is 13.1. The number of benzene rings is 2. The Kier molecular flexibility index (Phi) is 6.34. The van der Waals surface area contributed by atoms with Crippen LogP contribution >= 0.6 is 0 Å². The molecule has 10 nitrogen and oxygen atoms in total. The van der Waals surface area contributed by atoms with Gasteiger partial charge in [-0.25, -0.2) is 9.78 Å². The molecule has 1 amide bonds. The van der Waals surface area contributed by atoms with Gasteiger partial charge in [-0.1, -0.05) is 30.3 Å². The lowest BCUT2D eigenvalue weighted by Crippen LogP contribution is -2.46. The van der Waals surface area contributed by atoms with Crippen LogP contribution < -0.4 is 21.4 Å². The van der Waals surface area contributed by atoms with Gasteiger partial charge in [0, 0.05) is 13.0 Å². The summed E-state index contributed by atoms with van der Waals surface area (Å²) in [5.41, 5.74) is 6.52. The maximum absolute atomic E-state index is 13.1. The van der Waals surface area contributed by atoms with Crippen molar-refractivity contribution in [2.75, 3.05) is 17.0 Å². The van der Waals surface area contributed by atoms with Crippen molar-refractivity contribution in [1.29, 1.82) is 0 Å². The molecular weight excluding hydrogens is 424 g/mol. The predicted molar refractivity (Wildman–Crippen MR) is 125 cm³/mol. The maximum Gasteiger partial charge on any atom is 0.354 e. The first-order valence-electron chi connectivity index (χ1n) is 10.7. The second kappa shape index (κ2) is 9.51. The number of hydrazine groups is 1. The number of ether oxygens (including phenoxy) is 1. The molecule has 170 valence electrons. The number of nitrogens with one attached hydrogen (secondary N) is 2. The lowest BCUT2D eigenvalue weighted by molar-refractivity contribution is -0.135. The summed E-state index contributed by atoms with van der Waals surface area (Å²) in [6.45, 7) is 4.10. The van der Waals surface area contributed by atoms with Gasteiger partial charge in [0.15, 0.2) is 0 Å². The molecule has 33 heavy (non-hydrogen) atoms. The van der Waals surface area contributed by atoms with Gasteiger partial charge in [-0.2, -0.15) is 5.10 Å². The van der Waals surface area contributed by atoms with Crippen molar-refractivity contribution in [3.63, 3.8) is 0 Å². The van der Waals surface area contributed by atoms with Crippen molar-refractivity contribution in [2.45, 2.75) is 32.9 Å². The van der Waals surface area contributed by atoms with Crippen LogP contribution in [0.1, 0.15) is 20.3 Å². The molecule has 0 bridgehead atoms. The topological polar surface area (TPSA) is 118 Å². The highest BCUT2D eigenvalue weighted by atomic mass is 16.5. The highest BCUT2D eigenvalue weighted by Gasteiger charge is 2.37. The van der Waals surface area contributed by atoms with Crippen molar-refractivity contribution in [2.24, 2.45) is 5.10 Å². The minimum atomic E-state index is -0.790. The zero-order valence-corrected chi connectivity index (χ0v) is 18.3. The molecule has 1 aliphatic heterocycles. The Hall–Kier alpha value is -4.21. The van der Waals surface area contributed by atoms with Gasteiger partial charge in [-0.3, -0.25) is 30.0 Å². The van der Waals surface area contributed by atoms with E-state index in [9.17, 15) is 14.4 Å². The van der Waals surface area contributed by atoms with E-state index in [1.165, 1.54) is 9.58 Å². The number of hydrazone groups is 1. The van der Waals surface area contributed by atoms with Crippen LogP contribution in [-0.4, -0.2) is 39.8 Å². The van der Waals surface area contributed by atoms with E-state index in [0.717, 1.165) is 0 Å². The number of rotatable bonds is 7. The van der Waals surface area contributed by atoms with E-state index in [0.29, 0.717) is 23.1 Å². The van der Waals surface area contributed by atoms with Crippen molar-refractivity contribution in [1.82, 2.24) is 15.0 Å². The minimum Gasteiger partial charge on any atom is -0.461 e. The Morgan fingerprint density at radius 2 is 1.82 bits per heavy atom. The first-order chi connectivity index (χ1) is 16.0. The number of hydrogen-bond donors (Lipinski definition) is 2. The third kappa shape index (κ3) is 4.40. The molecule has 3 aromatic rings. The molecule has 0 saturated heterocycles. The summed E-state index contributed by atoms with van der Waals surface area (Å²) in [6.07, 6.45) is 0.0764. The van der Waals surface area contributed by atoms with Gasteiger partial charge in [-0.05, 0) is 38.1 Å². The fourth-order valence-electron chi connectivity index (χ4n) is 3.63. The van der Waals surface area contributed by atoms with Crippen molar-refractivity contribution in [3.05, 3.63) is 65.0 Å². The van der Waals surface area contributed by atoms with Crippen molar-refractivity contribution < 1.29 is 14.3 Å². The van der Waals surface area contributed by atoms with Gasteiger partial charge in [0.25, 0.3) is 11.5 Å². The number of fused-ring (bicyclic) bond motifs is 1. The highest BCUT2D eigenvalue weighted by molar-refractivity contribution is 6.38. The Labute approximate surface area is 189 Å². The van der Waals surface area contributed by atoms with Crippen LogP contribution in [-0.2, 0) is 20.9 Å². The van der Waals surface area contributed by atoms with E-state index in [2.05, 4.69) is 20.9 Å². The smallest absolute Gasteiger partial charge is 0.354 e. The third-order valence-corrected chi connectivity index (χ3v) is 5.22. The Morgan fingerprint density at radius 3 is 2.55 bits per heavy atom. The summed E-state index contributed by atoms with van der Waals surface area (Å²) in [5.74, 6) is -0.782. The molecule has 2 N–H and O–H groups in total. The average Bonchev–Trinajstić information content (AvgIpc) is 3.29. The van der Waals surface area contributed by atoms with Gasteiger partial charge < -0.3 is 4.74 Å². The summed E-state index contributed by atoms with van der Waals surface area (Å²) >= 11 is 0. The monoisotopic (exact) mass is 448 g/mol. The Bertz CT molecular complexity index is 1270. The quantitative estimate of drug-likeness (QED) is 0.420. The second-order valence-corrected chi connectivity index (χ2v) is 7.28. The fraction of sp³-hybridized carbons (Fsp3) is 0.261. The van der Waals surface area contributed by atoms with Crippen LogP contribution in [0.25, 0.3) is 10.9 Å². The summed E-state index contributed by atoms with van der Waals surface area (Å²) in [4.78, 5) is 42.6. The van der Waals surface area contributed by atoms with Gasteiger partial charge in [-0.15, -0.1) is 0 Å². The van der Waals surface area contributed by atoms with E-state index >= 15 is 0 Å². The lowest BCUT2D eigenvalue weighted by Gasteiger charge is -2.23. The summed E-state index contributed by atoms with van der Waals surface area (Å²) in [7, 11) is 0. The van der Waals surface area contributed by atoms with Crippen LogP contribution in [0.15, 0.2) is 64.5 Å². The van der Waals surface area contributed by atoms with E-state index in [4.69, 9.17) is 4.74 Å². The molecule has 0 fully saturated rings. The fourth-order valence-corrected chi connectivity index (χ4v) is 3.63. The number of esters is 1. The van der Waals surface area contributed by atoms with Crippen molar-refractivity contribution >= 4 is 40.1 Å². The normalized spacial score (nSPS) is 15.3. The second-order valence-electron chi connectivity index (χ2n) is 7.28. The molecule has 0 saturated carbocycles. The number of carbonyl (C=O) groups excluding carboxylic acids is 2. The standard InChI is InChI=1S/C23H24N6O4/c1-3-28-21(31)16-12-8-9-13-17(16)24-23(28)26-25-20(30)19-14-18(22(32)33-4-2)27-29(19)15-10-6-5-7-11-15/h5-13,19H,3-4,14H2,1-2H3,(H,24,26)(H,25,30). The Morgan fingerprint density at radius 1 is 1.09 bits per heavy atom. The van der Waals surface area contributed by atoms with Crippen LogP contribution in [0, 0.1) is 0 Å². The number of carbonyl (C=O) groups is 2. The molecule has 2 aromatic carbocycles. The van der Waals surface area contributed by atoms with Gasteiger partial charge in [0.1, 0.15) is 11.8 Å². The highest BCUT2D eigenvalue weighted by Crippen LogP contribution is 2.25. The molecule has 10 heteroatoms. The van der Waals surface area contributed by atoms with Crippen LogP contribution in [0.3, 0.4) is 0 Å². The van der Waals surface area contributed by atoms with Gasteiger partial charge in [0.2, 0.25) is 5.95 Å². The van der Waals surface area contributed by atoms with Gasteiger partial charge in [0.05, 0.1) is 23.2 Å². The van der Waals surface area contributed by atoms with Crippen LogP contribution in [0.5, 0.6) is 0 Å². The lowest BCUT2D eigenvalue weighted by atomic mass is 10.1. The number of hydrogen-bond acceptors (Lipinski definition) is 8. The van der Waals surface area contributed by atoms with Crippen LogP contribution in [0.4, 0.5) is 11.6 Å². The molecule has 0 spiro atoms. The molecule has 0 radical (unpaired) electrons. The minimum absolute atomic E-state index is 0.0764.